The molecule has 0 unspecified atom stereocenters. The molecule has 17 heavy (non-hydrogen) atoms. The van der Waals surface area contributed by atoms with Crippen LogP contribution in [0.5, 0.6) is 0 Å². The van der Waals surface area contributed by atoms with E-state index in [2.05, 4.69) is 46.1 Å². The zero-order chi connectivity index (χ0) is 11.7. The first-order valence-electron chi connectivity index (χ1n) is 5.66. The highest BCUT2D eigenvalue weighted by molar-refractivity contribution is 5.69. The maximum Gasteiger partial charge on any atom is 0.177 e. The van der Waals surface area contributed by atoms with E-state index in [9.17, 15) is 0 Å². The minimum Gasteiger partial charge on any atom is -0.340 e. The first-order valence-corrected chi connectivity index (χ1v) is 5.66. The Morgan fingerprint density at radius 2 is 2.12 bits per heavy atom. The number of hydrogen-bond acceptors (Lipinski definition) is 2. The van der Waals surface area contributed by atoms with Crippen LogP contribution in [-0.4, -0.2) is 15.0 Å². The molecule has 3 heteroatoms. The highest BCUT2D eigenvalue weighted by Crippen LogP contribution is 2.12. The number of aromatic nitrogens is 3. The molecule has 1 aromatic carbocycles. The Hall–Kier alpha value is -2.16. The summed E-state index contributed by atoms with van der Waals surface area (Å²) in [5, 5.41) is 0. The molecule has 0 saturated carbocycles. The van der Waals surface area contributed by atoms with E-state index in [0.717, 1.165) is 23.4 Å². The number of imidazole rings is 1. The summed E-state index contributed by atoms with van der Waals surface area (Å²) in [6, 6.07) is 12.4. The van der Waals surface area contributed by atoms with Crippen molar-refractivity contribution in [2.24, 2.45) is 0 Å². The fraction of sp³-hybridized carbons (Fsp3) is 0.143. The lowest BCUT2D eigenvalue weighted by Crippen LogP contribution is -1.90. The molecule has 0 aliphatic heterocycles. The fourth-order valence-corrected chi connectivity index (χ4v) is 1.99. The highest BCUT2D eigenvalue weighted by Gasteiger charge is 2.03. The second kappa shape index (κ2) is 4.01. The van der Waals surface area contributed by atoms with Crippen LogP contribution in [-0.2, 0) is 6.42 Å². The Balaban J connectivity index is 1.94. The van der Waals surface area contributed by atoms with Gasteiger partial charge in [-0.05, 0) is 24.6 Å². The van der Waals surface area contributed by atoms with Crippen LogP contribution in [0.25, 0.3) is 11.2 Å². The summed E-state index contributed by atoms with van der Waals surface area (Å²) in [4.78, 5) is 12.0. The van der Waals surface area contributed by atoms with E-state index in [1.165, 1.54) is 11.1 Å². The fourth-order valence-electron chi connectivity index (χ4n) is 1.99. The average molecular weight is 223 g/mol. The lowest BCUT2D eigenvalue weighted by molar-refractivity contribution is 1.03. The zero-order valence-corrected chi connectivity index (χ0v) is 9.64. The molecule has 2 heterocycles. The van der Waals surface area contributed by atoms with Gasteiger partial charge in [0.05, 0.1) is 5.52 Å². The molecule has 3 rings (SSSR count). The Morgan fingerprint density at radius 1 is 1.18 bits per heavy atom. The molecule has 0 aliphatic rings. The third-order valence-electron chi connectivity index (χ3n) is 2.76. The first-order chi connectivity index (χ1) is 8.31. The van der Waals surface area contributed by atoms with Crippen molar-refractivity contribution in [1.29, 1.82) is 0 Å². The average Bonchev–Trinajstić information content (AvgIpc) is 2.71. The van der Waals surface area contributed by atoms with Crippen LogP contribution in [0.4, 0.5) is 0 Å². The Bertz CT molecular complexity index is 622. The molecule has 0 saturated heterocycles. The normalized spacial score (nSPS) is 10.9. The minimum absolute atomic E-state index is 0.787. The number of fused-ring (bicyclic) bond motifs is 1. The van der Waals surface area contributed by atoms with E-state index >= 15 is 0 Å². The number of aryl methyl sites for hydroxylation is 1. The van der Waals surface area contributed by atoms with Crippen LogP contribution in [0.3, 0.4) is 0 Å². The number of benzene rings is 1. The van der Waals surface area contributed by atoms with Crippen LogP contribution in [0, 0.1) is 6.92 Å². The lowest BCUT2D eigenvalue weighted by atomic mass is 10.1. The van der Waals surface area contributed by atoms with Gasteiger partial charge in [-0.3, -0.25) is 0 Å². The summed E-state index contributed by atoms with van der Waals surface area (Å²) in [5.74, 6) is 0.962. The topological polar surface area (TPSA) is 41.6 Å². The van der Waals surface area contributed by atoms with Crippen LogP contribution < -0.4 is 0 Å². The van der Waals surface area contributed by atoms with E-state index < -0.39 is 0 Å². The van der Waals surface area contributed by atoms with Crippen LogP contribution in [0.2, 0.25) is 0 Å². The molecule has 0 amide bonds. The van der Waals surface area contributed by atoms with Gasteiger partial charge in [0.25, 0.3) is 0 Å². The van der Waals surface area contributed by atoms with Crippen molar-refractivity contribution in [3.63, 3.8) is 0 Å². The van der Waals surface area contributed by atoms with Crippen LogP contribution >= 0.6 is 0 Å². The van der Waals surface area contributed by atoms with Crippen LogP contribution in [0.15, 0.2) is 42.6 Å². The van der Waals surface area contributed by atoms with E-state index in [1.807, 2.05) is 12.1 Å². The van der Waals surface area contributed by atoms with E-state index in [1.54, 1.807) is 6.20 Å². The molecular weight excluding hydrogens is 210 g/mol. The SMILES string of the molecule is Cc1cccc(Cc2nc3ncccc3[nH]2)c1. The number of pyridine rings is 1. The summed E-state index contributed by atoms with van der Waals surface area (Å²) in [6.07, 6.45) is 2.58. The molecule has 0 bridgehead atoms. The van der Waals surface area contributed by atoms with E-state index in [-0.39, 0.29) is 0 Å². The minimum atomic E-state index is 0.787. The molecule has 3 aromatic rings. The highest BCUT2D eigenvalue weighted by atomic mass is 15.0. The zero-order valence-electron chi connectivity index (χ0n) is 9.64. The monoisotopic (exact) mass is 223 g/mol. The van der Waals surface area contributed by atoms with Gasteiger partial charge in [0.1, 0.15) is 5.82 Å². The number of aromatic amines is 1. The van der Waals surface area contributed by atoms with Gasteiger partial charge >= 0.3 is 0 Å². The quantitative estimate of drug-likeness (QED) is 0.725. The number of H-pyrrole nitrogens is 1. The van der Waals surface area contributed by atoms with E-state index in [4.69, 9.17) is 0 Å². The summed E-state index contributed by atoms with van der Waals surface area (Å²) in [7, 11) is 0. The Morgan fingerprint density at radius 3 is 2.94 bits per heavy atom. The largest absolute Gasteiger partial charge is 0.340 e. The van der Waals surface area contributed by atoms with Crippen LogP contribution in [0.1, 0.15) is 17.0 Å². The third kappa shape index (κ3) is 2.04. The molecular formula is C14H13N3. The molecule has 1 N–H and O–H groups in total. The second-order valence-electron chi connectivity index (χ2n) is 4.22. The second-order valence-corrected chi connectivity index (χ2v) is 4.22. The van der Waals surface area contributed by atoms with Gasteiger partial charge in [0, 0.05) is 12.6 Å². The molecule has 0 atom stereocenters. The lowest BCUT2D eigenvalue weighted by Gasteiger charge is -1.99. The molecule has 0 radical (unpaired) electrons. The molecule has 2 aromatic heterocycles. The van der Waals surface area contributed by atoms with Gasteiger partial charge in [-0.2, -0.15) is 0 Å². The van der Waals surface area contributed by atoms with Crippen molar-refractivity contribution in [3.05, 3.63) is 59.5 Å². The summed E-state index contributed by atoms with van der Waals surface area (Å²) in [5.41, 5.74) is 4.33. The molecule has 3 nitrogen and oxygen atoms in total. The summed E-state index contributed by atoms with van der Waals surface area (Å²) >= 11 is 0. The third-order valence-corrected chi connectivity index (χ3v) is 2.76. The van der Waals surface area contributed by atoms with Gasteiger partial charge in [-0.25, -0.2) is 9.97 Å². The molecule has 84 valence electrons. The first kappa shape index (κ1) is 10.0. The van der Waals surface area contributed by atoms with Gasteiger partial charge in [-0.15, -0.1) is 0 Å². The molecule has 0 fully saturated rings. The van der Waals surface area contributed by atoms with Crippen molar-refractivity contribution in [2.75, 3.05) is 0 Å². The van der Waals surface area contributed by atoms with Crippen molar-refractivity contribution in [3.8, 4) is 0 Å². The number of hydrogen-bond donors (Lipinski definition) is 1. The summed E-state index contributed by atoms with van der Waals surface area (Å²) < 4.78 is 0. The van der Waals surface area contributed by atoms with Gasteiger partial charge in [-0.1, -0.05) is 29.8 Å². The molecule has 0 aliphatic carbocycles. The predicted octanol–water partition coefficient (Wildman–Crippen LogP) is 2.86. The Kier molecular flexibility index (Phi) is 2.37. The van der Waals surface area contributed by atoms with Crippen molar-refractivity contribution in [2.45, 2.75) is 13.3 Å². The van der Waals surface area contributed by atoms with Gasteiger partial charge < -0.3 is 4.98 Å². The predicted molar refractivity (Wildman–Crippen MR) is 67.9 cm³/mol. The molecule has 0 spiro atoms. The van der Waals surface area contributed by atoms with Gasteiger partial charge in [0.15, 0.2) is 5.65 Å². The van der Waals surface area contributed by atoms with Crippen molar-refractivity contribution >= 4 is 11.2 Å². The number of nitrogens with zero attached hydrogens (tertiary/aromatic N) is 2. The van der Waals surface area contributed by atoms with Crippen molar-refractivity contribution in [1.82, 2.24) is 15.0 Å². The maximum absolute atomic E-state index is 4.47. The number of rotatable bonds is 2. The van der Waals surface area contributed by atoms with Gasteiger partial charge in [0.2, 0.25) is 0 Å². The standard InChI is InChI=1S/C14H13N3/c1-10-4-2-5-11(8-10)9-13-16-12-6-3-7-15-14(12)17-13/h2-8H,9H2,1H3,(H,15,16,17). The van der Waals surface area contributed by atoms with Crippen molar-refractivity contribution < 1.29 is 0 Å². The smallest absolute Gasteiger partial charge is 0.177 e. The van der Waals surface area contributed by atoms with E-state index in [0.29, 0.717) is 0 Å². The maximum atomic E-state index is 4.47. The summed E-state index contributed by atoms with van der Waals surface area (Å²) in [6.45, 7) is 2.10. The number of nitrogens with one attached hydrogen (secondary N) is 1. The Labute approximate surface area is 99.5 Å².